The maximum absolute atomic E-state index is 13.6. The molecule has 1 atom stereocenters. The van der Waals surface area contributed by atoms with E-state index in [9.17, 15) is 19.2 Å². The molecule has 2 aromatic rings. The fourth-order valence-electron chi connectivity index (χ4n) is 5.10. The molecule has 2 heterocycles. The highest BCUT2D eigenvalue weighted by molar-refractivity contribution is 5.97. The number of carbonyl (C=O) groups excluding carboxylic acids is 4. The molecule has 0 fully saturated rings. The van der Waals surface area contributed by atoms with Crippen molar-refractivity contribution < 1.29 is 42.9 Å². The molecule has 0 spiro atoms. The number of hydrogen-bond acceptors (Lipinski definition) is 9. The first-order valence-electron chi connectivity index (χ1n) is 14.4. The second-order valence-corrected chi connectivity index (χ2v) is 10.4. The zero-order chi connectivity index (χ0) is 30.7. The first kappa shape index (κ1) is 31.6. The predicted molar refractivity (Wildman–Crippen MR) is 155 cm³/mol. The third-order valence-corrected chi connectivity index (χ3v) is 7.26. The number of amides is 3. The van der Waals surface area contributed by atoms with Gasteiger partial charge in [0.25, 0.3) is 11.8 Å². The summed E-state index contributed by atoms with van der Waals surface area (Å²) in [4.78, 5) is 54.3. The van der Waals surface area contributed by atoms with Gasteiger partial charge in [-0.2, -0.15) is 0 Å². The summed E-state index contributed by atoms with van der Waals surface area (Å²) >= 11 is 0. The van der Waals surface area contributed by atoms with E-state index in [1.54, 1.807) is 50.4 Å². The van der Waals surface area contributed by atoms with Gasteiger partial charge in [0.05, 0.1) is 18.6 Å². The largest absolute Gasteiger partial charge is 0.486 e. The highest BCUT2D eigenvalue weighted by atomic mass is 16.6. The van der Waals surface area contributed by atoms with Crippen LogP contribution in [0.5, 0.6) is 17.2 Å². The van der Waals surface area contributed by atoms with Gasteiger partial charge < -0.3 is 39.2 Å². The SMILES string of the molecule is CCOC(=O)C1(CCCOC)CNC(=O)CN(C(=O)c2ccc3c(c2)OCCO3)CCNC(=O)COc2cccc(c2)C1. The Kier molecular flexibility index (Phi) is 11.2. The number of hydrogen-bond donors (Lipinski definition) is 2. The Bertz CT molecular complexity index is 1300. The Morgan fingerprint density at radius 2 is 1.81 bits per heavy atom. The number of benzene rings is 2. The van der Waals surface area contributed by atoms with E-state index in [4.69, 9.17) is 23.7 Å². The van der Waals surface area contributed by atoms with Crippen LogP contribution in [0.4, 0.5) is 0 Å². The van der Waals surface area contributed by atoms with Gasteiger partial charge >= 0.3 is 5.97 Å². The van der Waals surface area contributed by atoms with Crippen molar-refractivity contribution >= 4 is 23.7 Å². The van der Waals surface area contributed by atoms with Crippen molar-refractivity contribution in [2.45, 2.75) is 26.2 Å². The van der Waals surface area contributed by atoms with Crippen molar-refractivity contribution in [2.75, 3.05) is 66.3 Å². The summed E-state index contributed by atoms with van der Waals surface area (Å²) < 4.78 is 27.6. The predicted octanol–water partition coefficient (Wildman–Crippen LogP) is 1.74. The summed E-state index contributed by atoms with van der Waals surface area (Å²) in [6.45, 7) is 2.70. The minimum atomic E-state index is -1.11. The number of methoxy groups -OCH3 is 1. The van der Waals surface area contributed by atoms with Gasteiger partial charge in [0.1, 0.15) is 19.0 Å². The summed E-state index contributed by atoms with van der Waals surface area (Å²) in [5, 5.41) is 5.62. The van der Waals surface area contributed by atoms with Gasteiger partial charge in [-0.15, -0.1) is 0 Å². The van der Waals surface area contributed by atoms with Crippen molar-refractivity contribution in [3.8, 4) is 17.2 Å². The fourth-order valence-corrected chi connectivity index (χ4v) is 5.10. The summed E-state index contributed by atoms with van der Waals surface area (Å²) in [7, 11) is 1.59. The lowest BCUT2D eigenvalue weighted by Crippen LogP contribution is -2.49. The van der Waals surface area contributed by atoms with Crippen LogP contribution in [0.3, 0.4) is 0 Å². The minimum absolute atomic E-state index is 0.0117. The van der Waals surface area contributed by atoms with Gasteiger partial charge in [0.2, 0.25) is 5.91 Å². The molecule has 2 aliphatic heterocycles. The lowest BCUT2D eigenvalue weighted by Gasteiger charge is -2.32. The van der Waals surface area contributed by atoms with Crippen LogP contribution in [0.2, 0.25) is 0 Å². The maximum atomic E-state index is 13.6. The normalized spacial score (nSPS) is 19.4. The average Bonchev–Trinajstić information content (AvgIpc) is 3.01. The molecule has 0 radical (unpaired) electrons. The average molecular weight is 598 g/mol. The van der Waals surface area contributed by atoms with Gasteiger partial charge in [-0.3, -0.25) is 19.2 Å². The Labute approximate surface area is 250 Å². The van der Waals surface area contributed by atoms with Gasteiger partial charge in [-0.1, -0.05) is 12.1 Å². The van der Waals surface area contributed by atoms with Crippen molar-refractivity contribution in [1.29, 1.82) is 0 Å². The van der Waals surface area contributed by atoms with E-state index < -0.39 is 23.2 Å². The first-order chi connectivity index (χ1) is 20.8. The van der Waals surface area contributed by atoms with Crippen LogP contribution in [-0.4, -0.2) is 94.9 Å². The molecule has 0 saturated heterocycles. The molecule has 12 heteroatoms. The van der Waals surface area contributed by atoms with Crippen LogP contribution in [-0.2, 0) is 30.3 Å². The third kappa shape index (κ3) is 8.60. The monoisotopic (exact) mass is 597 g/mol. The summed E-state index contributed by atoms with van der Waals surface area (Å²) in [6, 6.07) is 12.0. The molecule has 2 bridgehead atoms. The number of rotatable bonds is 7. The number of nitrogens with one attached hydrogen (secondary N) is 2. The van der Waals surface area contributed by atoms with Crippen LogP contribution in [0.15, 0.2) is 42.5 Å². The molecule has 12 nitrogen and oxygen atoms in total. The maximum Gasteiger partial charge on any atom is 0.314 e. The van der Waals surface area contributed by atoms with Gasteiger partial charge in [0, 0.05) is 38.9 Å². The summed E-state index contributed by atoms with van der Waals surface area (Å²) in [5.41, 5.74) is -0.0257. The molecule has 0 aromatic heterocycles. The van der Waals surface area contributed by atoms with Gasteiger partial charge in [-0.25, -0.2) is 0 Å². The highest BCUT2D eigenvalue weighted by Gasteiger charge is 2.40. The fraction of sp³-hybridized carbons (Fsp3) is 0.484. The van der Waals surface area contributed by atoms with E-state index in [0.29, 0.717) is 55.5 Å². The molecule has 3 amide bonds. The number of esters is 1. The lowest BCUT2D eigenvalue weighted by atomic mass is 9.77. The van der Waals surface area contributed by atoms with Crippen LogP contribution in [0.1, 0.15) is 35.7 Å². The molecule has 232 valence electrons. The molecule has 2 N–H and O–H groups in total. The molecule has 4 rings (SSSR count). The smallest absolute Gasteiger partial charge is 0.314 e. The number of carbonyl (C=O) groups is 4. The van der Waals surface area contributed by atoms with E-state index in [0.717, 1.165) is 5.56 Å². The molecule has 0 aliphatic carbocycles. The third-order valence-electron chi connectivity index (χ3n) is 7.26. The van der Waals surface area contributed by atoms with Gasteiger partial charge in [-0.05, 0) is 62.1 Å². The molecule has 1 unspecified atom stereocenters. The van der Waals surface area contributed by atoms with Crippen LogP contribution in [0, 0.1) is 5.41 Å². The lowest BCUT2D eigenvalue weighted by molar-refractivity contribution is -0.156. The van der Waals surface area contributed by atoms with E-state index in [2.05, 4.69) is 10.6 Å². The van der Waals surface area contributed by atoms with E-state index in [-0.39, 0.29) is 51.7 Å². The number of nitrogens with zero attached hydrogens (tertiary/aromatic N) is 1. The zero-order valence-electron chi connectivity index (χ0n) is 24.6. The first-order valence-corrected chi connectivity index (χ1v) is 14.4. The minimum Gasteiger partial charge on any atom is -0.486 e. The summed E-state index contributed by atoms with van der Waals surface area (Å²) in [5.74, 6) is -0.257. The quantitative estimate of drug-likeness (QED) is 0.361. The van der Waals surface area contributed by atoms with Crippen molar-refractivity contribution in [2.24, 2.45) is 5.41 Å². The second-order valence-electron chi connectivity index (χ2n) is 10.4. The zero-order valence-corrected chi connectivity index (χ0v) is 24.6. The number of ether oxygens (including phenoxy) is 5. The Hall–Kier alpha value is -4.32. The van der Waals surface area contributed by atoms with E-state index >= 15 is 0 Å². The molecule has 2 aliphatic rings. The Morgan fingerprint density at radius 3 is 2.60 bits per heavy atom. The number of fused-ring (bicyclic) bond motifs is 3. The van der Waals surface area contributed by atoms with Crippen molar-refractivity contribution in [3.05, 3.63) is 53.6 Å². The molecular weight excluding hydrogens is 558 g/mol. The summed E-state index contributed by atoms with van der Waals surface area (Å²) in [6.07, 6.45) is 1.18. The van der Waals surface area contributed by atoms with Crippen LogP contribution in [0.25, 0.3) is 0 Å². The second kappa shape index (κ2) is 15.2. The molecule has 43 heavy (non-hydrogen) atoms. The topological polar surface area (TPSA) is 142 Å². The van der Waals surface area contributed by atoms with E-state index in [1.165, 1.54) is 4.90 Å². The van der Waals surface area contributed by atoms with E-state index in [1.807, 2.05) is 6.07 Å². The van der Waals surface area contributed by atoms with Crippen molar-refractivity contribution in [3.63, 3.8) is 0 Å². The van der Waals surface area contributed by atoms with Crippen LogP contribution < -0.4 is 24.8 Å². The standard InChI is InChI=1S/C31H39N3O9/c1-3-40-30(38)31(10-5-13-39-2)18-22-6-4-7-24(16-22)43-20-28(36)32-11-12-34(19-27(35)33-21-31)29(37)23-8-9-25-26(17-23)42-15-14-41-25/h4,6-9,16-17H,3,5,10-15,18-21H2,1-2H3,(H,32,36)(H,33,35). The van der Waals surface area contributed by atoms with Crippen LogP contribution >= 0.6 is 0 Å². The molecular formula is C31H39N3O9. The van der Waals surface area contributed by atoms with Crippen molar-refractivity contribution in [1.82, 2.24) is 15.5 Å². The highest BCUT2D eigenvalue weighted by Crippen LogP contribution is 2.33. The van der Waals surface area contributed by atoms with Gasteiger partial charge in [0.15, 0.2) is 18.1 Å². The molecule has 2 aromatic carbocycles. The molecule has 0 saturated carbocycles. The Morgan fingerprint density at radius 1 is 1.00 bits per heavy atom. The Balaban J connectivity index is 1.62.